The first-order valence-corrected chi connectivity index (χ1v) is 8.18. The summed E-state index contributed by atoms with van der Waals surface area (Å²) in [5.41, 5.74) is 1.25. The number of nitrogens with zero attached hydrogens (tertiary/aromatic N) is 2. The van der Waals surface area contributed by atoms with E-state index in [1.165, 1.54) is 12.3 Å². The normalized spacial score (nSPS) is 17.0. The van der Waals surface area contributed by atoms with Crippen molar-refractivity contribution in [1.29, 1.82) is 0 Å². The first kappa shape index (κ1) is 16.5. The fraction of sp³-hybridized carbons (Fsp3) is 0.278. The lowest BCUT2D eigenvalue weighted by Gasteiger charge is -2.25. The molecule has 0 bridgehead atoms. The van der Waals surface area contributed by atoms with Crippen LogP contribution in [-0.2, 0) is 6.42 Å². The highest BCUT2D eigenvalue weighted by Crippen LogP contribution is 2.26. The van der Waals surface area contributed by atoms with Crippen molar-refractivity contribution >= 4 is 23.5 Å². The summed E-state index contributed by atoms with van der Waals surface area (Å²) in [6, 6.07) is 10.6. The molecule has 0 radical (unpaired) electrons. The van der Waals surface area contributed by atoms with Gasteiger partial charge < -0.3 is 10.0 Å². The third-order valence-electron chi connectivity index (χ3n) is 4.28. The number of aromatic carboxylic acids is 1. The Labute approximate surface area is 144 Å². The van der Waals surface area contributed by atoms with Crippen LogP contribution in [0.4, 0.5) is 0 Å². The summed E-state index contributed by atoms with van der Waals surface area (Å²) in [7, 11) is 0. The number of pyridine rings is 1. The molecule has 24 heavy (non-hydrogen) atoms. The van der Waals surface area contributed by atoms with Crippen LogP contribution in [0, 0.1) is 0 Å². The fourth-order valence-electron chi connectivity index (χ4n) is 3.08. The van der Waals surface area contributed by atoms with Crippen molar-refractivity contribution < 1.29 is 14.7 Å². The van der Waals surface area contributed by atoms with Crippen LogP contribution in [0.15, 0.2) is 42.6 Å². The molecule has 0 aliphatic carbocycles. The Kier molecular flexibility index (Phi) is 4.81. The minimum absolute atomic E-state index is 0.0684. The van der Waals surface area contributed by atoms with Crippen molar-refractivity contribution in [1.82, 2.24) is 9.88 Å². The van der Waals surface area contributed by atoms with E-state index in [1.54, 1.807) is 6.07 Å². The quantitative estimate of drug-likeness (QED) is 0.924. The number of carboxylic acids is 1. The van der Waals surface area contributed by atoms with E-state index < -0.39 is 5.97 Å². The zero-order valence-electron chi connectivity index (χ0n) is 13.0. The lowest BCUT2D eigenvalue weighted by molar-refractivity contribution is 0.0690. The predicted molar refractivity (Wildman–Crippen MR) is 90.4 cm³/mol. The number of carboxylic acid groups (broad SMARTS) is 1. The predicted octanol–water partition coefficient (Wildman–Crippen LogP) is 3.28. The highest BCUT2D eigenvalue weighted by molar-refractivity contribution is 6.31. The van der Waals surface area contributed by atoms with Gasteiger partial charge in [-0.15, -0.1) is 0 Å². The number of hydrogen-bond acceptors (Lipinski definition) is 3. The average molecular weight is 345 g/mol. The molecule has 124 valence electrons. The number of carbonyl (C=O) groups excluding carboxylic acids is 1. The summed E-state index contributed by atoms with van der Waals surface area (Å²) < 4.78 is 0. The molecular weight excluding hydrogens is 328 g/mol. The van der Waals surface area contributed by atoms with Crippen LogP contribution < -0.4 is 0 Å². The number of hydrogen-bond donors (Lipinski definition) is 1. The van der Waals surface area contributed by atoms with E-state index in [2.05, 4.69) is 4.98 Å². The largest absolute Gasteiger partial charge is 0.477 e. The number of benzene rings is 1. The third-order valence-corrected chi connectivity index (χ3v) is 4.65. The Hall–Kier alpha value is -2.40. The van der Waals surface area contributed by atoms with Gasteiger partial charge in [-0.25, -0.2) is 9.78 Å². The second kappa shape index (κ2) is 7.01. The van der Waals surface area contributed by atoms with Gasteiger partial charge in [-0.2, -0.15) is 0 Å². The van der Waals surface area contributed by atoms with E-state index in [0.717, 1.165) is 18.4 Å². The molecule has 1 aliphatic rings. The first-order chi connectivity index (χ1) is 11.6. The molecule has 2 aromatic rings. The molecule has 6 heteroatoms. The molecule has 1 fully saturated rings. The van der Waals surface area contributed by atoms with Crippen molar-refractivity contribution in [3.05, 3.63) is 64.4 Å². The van der Waals surface area contributed by atoms with Crippen LogP contribution in [-0.4, -0.2) is 39.5 Å². The number of rotatable bonds is 4. The molecule has 1 atom stereocenters. The van der Waals surface area contributed by atoms with Crippen LogP contribution in [0.2, 0.25) is 5.02 Å². The summed E-state index contributed by atoms with van der Waals surface area (Å²) in [5.74, 6) is -1.30. The number of aromatic nitrogens is 1. The van der Waals surface area contributed by atoms with Crippen LogP contribution in [0.25, 0.3) is 0 Å². The van der Waals surface area contributed by atoms with Crippen molar-refractivity contribution in [2.75, 3.05) is 6.54 Å². The van der Waals surface area contributed by atoms with Crippen molar-refractivity contribution in [2.24, 2.45) is 0 Å². The lowest BCUT2D eigenvalue weighted by Crippen LogP contribution is -2.37. The Morgan fingerprint density at radius 2 is 2.08 bits per heavy atom. The van der Waals surface area contributed by atoms with E-state index in [9.17, 15) is 9.59 Å². The molecule has 2 heterocycles. The molecule has 1 unspecified atom stereocenters. The highest BCUT2D eigenvalue weighted by atomic mass is 35.5. The zero-order chi connectivity index (χ0) is 17.1. The van der Waals surface area contributed by atoms with E-state index in [1.807, 2.05) is 29.2 Å². The molecular formula is C18H17ClN2O3. The van der Waals surface area contributed by atoms with E-state index in [0.29, 0.717) is 23.6 Å². The standard InChI is InChI=1S/C18H17ClN2O3/c19-15-6-2-1-4-12(15)10-14-5-3-9-21(14)17(22)13-7-8-20-16(11-13)18(23)24/h1-2,4,6-8,11,14H,3,5,9-10H2,(H,23,24). The lowest BCUT2D eigenvalue weighted by atomic mass is 10.0. The molecule has 1 aromatic carbocycles. The van der Waals surface area contributed by atoms with Gasteiger partial charge in [-0.05, 0) is 43.0 Å². The molecule has 5 nitrogen and oxygen atoms in total. The van der Waals surface area contributed by atoms with Gasteiger partial charge >= 0.3 is 5.97 Å². The van der Waals surface area contributed by atoms with Gasteiger partial charge in [0.2, 0.25) is 0 Å². The Bertz CT molecular complexity index is 778. The minimum Gasteiger partial charge on any atom is -0.477 e. The summed E-state index contributed by atoms with van der Waals surface area (Å²) in [6.45, 7) is 0.665. The summed E-state index contributed by atoms with van der Waals surface area (Å²) in [5, 5.41) is 9.73. The Morgan fingerprint density at radius 1 is 1.29 bits per heavy atom. The molecule has 1 amide bonds. The van der Waals surface area contributed by atoms with E-state index in [4.69, 9.17) is 16.7 Å². The number of carbonyl (C=O) groups is 2. The van der Waals surface area contributed by atoms with Crippen LogP contribution in [0.3, 0.4) is 0 Å². The van der Waals surface area contributed by atoms with Gasteiger partial charge in [0, 0.05) is 29.4 Å². The second-order valence-corrected chi connectivity index (χ2v) is 6.23. The summed E-state index contributed by atoms with van der Waals surface area (Å²) in [6.07, 6.45) is 3.89. The van der Waals surface area contributed by atoms with Gasteiger partial charge in [-0.1, -0.05) is 29.8 Å². The maximum absolute atomic E-state index is 12.8. The zero-order valence-corrected chi connectivity index (χ0v) is 13.7. The van der Waals surface area contributed by atoms with Crippen LogP contribution >= 0.6 is 11.6 Å². The van der Waals surface area contributed by atoms with Crippen molar-refractivity contribution in [3.8, 4) is 0 Å². The molecule has 1 saturated heterocycles. The monoisotopic (exact) mass is 344 g/mol. The summed E-state index contributed by atoms with van der Waals surface area (Å²) in [4.78, 5) is 29.4. The smallest absolute Gasteiger partial charge is 0.354 e. The maximum Gasteiger partial charge on any atom is 0.354 e. The van der Waals surface area contributed by atoms with Gasteiger partial charge in [0.25, 0.3) is 5.91 Å². The van der Waals surface area contributed by atoms with Gasteiger partial charge in [0.15, 0.2) is 0 Å². The molecule has 1 aliphatic heterocycles. The fourth-order valence-corrected chi connectivity index (χ4v) is 3.29. The molecule has 1 aromatic heterocycles. The Morgan fingerprint density at radius 3 is 2.83 bits per heavy atom. The van der Waals surface area contributed by atoms with Crippen LogP contribution in [0.1, 0.15) is 39.3 Å². The van der Waals surface area contributed by atoms with Crippen molar-refractivity contribution in [2.45, 2.75) is 25.3 Å². The number of likely N-dealkylation sites (tertiary alicyclic amines) is 1. The first-order valence-electron chi connectivity index (χ1n) is 7.80. The summed E-state index contributed by atoms with van der Waals surface area (Å²) >= 11 is 6.23. The number of halogens is 1. The van der Waals surface area contributed by atoms with Gasteiger partial charge in [0.05, 0.1) is 0 Å². The van der Waals surface area contributed by atoms with E-state index >= 15 is 0 Å². The average Bonchev–Trinajstić information content (AvgIpc) is 3.04. The molecule has 0 spiro atoms. The second-order valence-electron chi connectivity index (χ2n) is 5.83. The maximum atomic E-state index is 12.8. The SMILES string of the molecule is O=C(O)c1cc(C(=O)N2CCCC2Cc2ccccc2Cl)ccn1. The van der Waals surface area contributed by atoms with E-state index in [-0.39, 0.29) is 17.6 Å². The minimum atomic E-state index is -1.14. The van der Waals surface area contributed by atoms with Crippen molar-refractivity contribution in [3.63, 3.8) is 0 Å². The highest BCUT2D eigenvalue weighted by Gasteiger charge is 2.30. The topological polar surface area (TPSA) is 70.5 Å². The number of amides is 1. The molecule has 3 rings (SSSR count). The molecule has 1 N–H and O–H groups in total. The Balaban J connectivity index is 1.80. The van der Waals surface area contributed by atoms with Gasteiger partial charge in [-0.3, -0.25) is 4.79 Å². The van der Waals surface area contributed by atoms with Gasteiger partial charge in [0.1, 0.15) is 5.69 Å². The third kappa shape index (κ3) is 3.41. The van der Waals surface area contributed by atoms with Crippen LogP contribution in [0.5, 0.6) is 0 Å². The molecule has 0 saturated carbocycles.